The molecule has 0 fully saturated rings. The van der Waals surface area contributed by atoms with Gasteiger partial charge in [-0.15, -0.1) is 0 Å². The molecule has 0 aromatic heterocycles. The molecule has 0 atom stereocenters. The van der Waals surface area contributed by atoms with Gasteiger partial charge in [0.25, 0.3) is 0 Å². The summed E-state index contributed by atoms with van der Waals surface area (Å²) in [5, 5.41) is 0. The minimum absolute atomic E-state index is 0.0671. The summed E-state index contributed by atoms with van der Waals surface area (Å²) in [4.78, 5) is 0. The van der Waals surface area contributed by atoms with Crippen LogP contribution in [-0.2, 0) is 0 Å². The molecular formula is C8H5F4. The molecule has 0 amide bonds. The van der Waals surface area contributed by atoms with Crippen molar-refractivity contribution in [1.29, 1.82) is 0 Å². The highest BCUT2D eigenvalue weighted by Crippen LogP contribution is 2.24. The van der Waals surface area contributed by atoms with E-state index in [1.165, 1.54) is 12.1 Å². The monoisotopic (exact) mass is 177 g/mol. The number of hydrogen-bond acceptors (Lipinski definition) is 0. The first-order valence-electron chi connectivity index (χ1n) is 3.16. The molecule has 0 bridgehead atoms. The van der Waals surface area contributed by atoms with Gasteiger partial charge in [0.15, 0.2) is 0 Å². The first-order chi connectivity index (χ1) is 5.49. The Morgan fingerprint density at radius 3 is 2.17 bits per heavy atom. The number of alkyl halides is 3. The van der Waals surface area contributed by atoms with E-state index in [0.717, 1.165) is 12.1 Å². The second-order valence-corrected chi connectivity index (χ2v) is 2.21. The van der Waals surface area contributed by atoms with Gasteiger partial charge in [0.2, 0.25) is 0 Å². The Balaban J connectivity index is 2.83. The van der Waals surface area contributed by atoms with Crippen LogP contribution in [0.1, 0.15) is 5.56 Å². The molecule has 12 heavy (non-hydrogen) atoms. The molecular weight excluding hydrogens is 172 g/mol. The maximum absolute atomic E-state index is 12.6. The van der Waals surface area contributed by atoms with E-state index in [-0.39, 0.29) is 6.42 Å². The van der Waals surface area contributed by atoms with Crippen molar-refractivity contribution in [3.05, 3.63) is 42.1 Å². The van der Waals surface area contributed by atoms with E-state index in [4.69, 9.17) is 0 Å². The molecule has 0 saturated carbocycles. The molecule has 0 heterocycles. The van der Waals surface area contributed by atoms with E-state index in [9.17, 15) is 17.6 Å². The zero-order chi connectivity index (χ0) is 9.19. The topological polar surface area (TPSA) is 0 Å². The molecule has 0 nitrogen and oxygen atoms in total. The van der Waals surface area contributed by atoms with Crippen LogP contribution in [0.2, 0.25) is 0 Å². The first kappa shape index (κ1) is 9.03. The van der Waals surface area contributed by atoms with Crippen LogP contribution in [0.4, 0.5) is 17.6 Å². The van der Waals surface area contributed by atoms with Crippen molar-refractivity contribution in [3.8, 4) is 0 Å². The normalized spacial score (nSPS) is 11.7. The van der Waals surface area contributed by atoms with Crippen LogP contribution in [-0.4, -0.2) is 6.18 Å². The lowest BCUT2D eigenvalue weighted by atomic mass is 10.1. The lowest BCUT2D eigenvalue weighted by molar-refractivity contribution is -0.0930. The fourth-order valence-corrected chi connectivity index (χ4v) is 0.768. The molecule has 65 valence electrons. The highest BCUT2D eigenvalue weighted by molar-refractivity contribution is 5.26. The van der Waals surface area contributed by atoms with Gasteiger partial charge in [0.1, 0.15) is 5.82 Å². The van der Waals surface area contributed by atoms with Crippen molar-refractivity contribution in [2.24, 2.45) is 0 Å². The van der Waals surface area contributed by atoms with Gasteiger partial charge < -0.3 is 0 Å². The molecule has 1 aromatic carbocycles. The van der Waals surface area contributed by atoms with Gasteiger partial charge in [-0.1, -0.05) is 18.2 Å². The van der Waals surface area contributed by atoms with Gasteiger partial charge in [-0.25, -0.2) is 4.39 Å². The highest BCUT2D eigenvalue weighted by atomic mass is 19.4. The fourth-order valence-electron chi connectivity index (χ4n) is 0.768. The number of halogens is 4. The largest absolute Gasteiger partial charge is 0.396 e. The van der Waals surface area contributed by atoms with Gasteiger partial charge in [-0.3, -0.25) is 0 Å². The third-order valence-electron chi connectivity index (χ3n) is 1.22. The van der Waals surface area contributed by atoms with Gasteiger partial charge in [0.05, 0.1) is 6.42 Å². The Morgan fingerprint density at radius 2 is 1.67 bits per heavy atom. The van der Waals surface area contributed by atoms with E-state index >= 15 is 0 Å². The third kappa shape index (κ3) is 2.53. The van der Waals surface area contributed by atoms with E-state index < -0.39 is 17.6 Å². The second kappa shape index (κ2) is 3.13. The lowest BCUT2D eigenvalue weighted by Crippen LogP contribution is -2.09. The number of benzene rings is 1. The van der Waals surface area contributed by atoms with Gasteiger partial charge in [0, 0.05) is 5.56 Å². The average molecular weight is 177 g/mol. The summed E-state index contributed by atoms with van der Waals surface area (Å²) in [6.07, 6.45) is -4.54. The van der Waals surface area contributed by atoms with Crippen molar-refractivity contribution >= 4 is 0 Å². The third-order valence-corrected chi connectivity index (χ3v) is 1.22. The van der Waals surface area contributed by atoms with Crippen molar-refractivity contribution in [2.45, 2.75) is 6.18 Å². The van der Waals surface area contributed by atoms with Crippen molar-refractivity contribution in [3.63, 3.8) is 0 Å². The maximum Gasteiger partial charge on any atom is 0.396 e. The van der Waals surface area contributed by atoms with E-state index in [2.05, 4.69) is 0 Å². The molecule has 0 aliphatic rings. The second-order valence-electron chi connectivity index (χ2n) is 2.21. The van der Waals surface area contributed by atoms with Crippen LogP contribution in [0.25, 0.3) is 0 Å². The molecule has 1 rings (SSSR count). The Kier molecular flexibility index (Phi) is 2.35. The molecule has 0 aliphatic carbocycles. The summed E-state index contributed by atoms with van der Waals surface area (Å²) < 4.78 is 47.7. The molecule has 0 aliphatic heterocycles. The predicted molar refractivity (Wildman–Crippen MR) is 35.9 cm³/mol. The minimum Gasteiger partial charge on any atom is -0.207 e. The molecule has 1 aromatic rings. The minimum atomic E-state index is -4.47. The van der Waals surface area contributed by atoms with Crippen LogP contribution < -0.4 is 0 Å². The zero-order valence-corrected chi connectivity index (χ0v) is 5.90. The molecule has 0 saturated heterocycles. The first-order valence-corrected chi connectivity index (χ1v) is 3.16. The lowest BCUT2D eigenvalue weighted by Gasteiger charge is -2.05. The van der Waals surface area contributed by atoms with E-state index in [1.807, 2.05) is 0 Å². The van der Waals surface area contributed by atoms with Crippen LogP contribution in [0, 0.1) is 12.2 Å². The van der Waals surface area contributed by atoms with Crippen LogP contribution >= 0.6 is 0 Å². The predicted octanol–water partition coefficient (Wildman–Crippen LogP) is 2.94. The molecule has 0 N–H and O–H groups in total. The van der Waals surface area contributed by atoms with E-state index in [0.29, 0.717) is 0 Å². The molecule has 4 heteroatoms. The zero-order valence-electron chi connectivity index (χ0n) is 5.90. The van der Waals surface area contributed by atoms with Crippen molar-refractivity contribution < 1.29 is 17.6 Å². The quantitative estimate of drug-likeness (QED) is 0.578. The average Bonchev–Trinajstić information content (AvgIpc) is 1.91. The fraction of sp³-hybridized carbons (Fsp3) is 0.125. The van der Waals surface area contributed by atoms with Gasteiger partial charge >= 0.3 is 6.18 Å². The summed E-state index contributed by atoms with van der Waals surface area (Å²) in [6, 6.07) is 4.74. The van der Waals surface area contributed by atoms with Crippen LogP contribution in [0.5, 0.6) is 0 Å². The number of hydrogen-bond donors (Lipinski definition) is 0. The Labute approximate surface area is 66.8 Å². The Hall–Kier alpha value is -1.06. The van der Waals surface area contributed by atoms with Crippen molar-refractivity contribution in [2.75, 3.05) is 0 Å². The Morgan fingerprint density at radius 1 is 1.08 bits per heavy atom. The molecule has 0 unspecified atom stereocenters. The summed E-state index contributed by atoms with van der Waals surface area (Å²) in [6.45, 7) is 0. The van der Waals surface area contributed by atoms with Crippen LogP contribution in [0.15, 0.2) is 24.3 Å². The summed E-state index contributed by atoms with van der Waals surface area (Å²) in [7, 11) is 0. The summed E-state index contributed by atoms with van der Waals surface area (Å²) >= 11 is 0. The standard InChI is InChI=1S/C8H5F4/c9-7-4-2-1-3-6(7)5-8(10,11)12/h1-5H. The van der Waals surface area contributed by atoms with Gasteiger partial charge in [-0.2, -0.15) is 13.2 Å². The molecule has 0 spiro atoms. The smallest absolute Gasteiger partial charge is 0.207 e. The maximum atomic E-state index is 12.6. The summed E-state index contributed by atoms with van der Waals surface area (Å²) in [5.74, 6) is -0.866. The molecule has 1 radical (unpaired) electrons. The van der Waals surface area contributed by atoms with E-state index in [1.54, 1.807) is 0 Å². The SMILES string of the molecule is Fc1ccccc1[CH]C(F)(F)F. The number of rotatable bonds is 1. The van der Waals surface area contributed by atoms with Crippen molar-refractivity contribution in [1.82, 2.24) is 0 Å². The highest BCUT2D eigenvalue weighted by Gasteiger charge is 2.29. The van der Waals surface area contributed by atoms with Gasteiger partial charge in [-0.05, 0) is 6.07 Å². The summed E-state index contributed by atoms with van der Waals surface area (Å²) in [5.41, 5.74) is -0.440. The van der Waals surface area contributed by atoms with Crippen LogP contribution in [0.3, 0.4) is 0 Å². The Bertz CT molecular complexity index is 264.